The fourth-order valence-electron chi connectivity index (χ4n) is 3.03. The van der Waals surface area contributed by atoms with E-state index in [-0.39, 0.29) is 5.91 Å². The zero-order valence-corrected chi connectivity index (χ0v) is 13.6. The lowest BCUT2D eigenvalue weighted by atomic mass is 10.0. The van der Waals surface area contributed by atoms with Crippen LogP contribution in [0.15, 0.2) is 78.0 Å². The second-order valence-corrected chi connectivity index (χ2v) is 5.90. The second-order valence-electron chi connectivity index (χ2n) is 5.90. The van der Waals surface area contributed by atoms with Crippen LogP contribution in [-0.2, 0) is 11.2 Å². The van der Waals surface area contributed by atoms with E-state index >= 15 is 0 Å². The quantitative estimate of drug-likeness (QED) is 0.432. The number of H-pyrrole nitrogens is 1. The van der Waals surface area contributed by atoms with Crippen LogP contribution in [0.2, 0.25) is 0 Å². The molecule has 4 rings (SSSR count). The van der Waals surface area contributed by atoms with E-state index in [0.29, 0.717) is 6.42 Å². The third-order valence-electron chi connectivity index (χ3n) is 4.25. The molecule has 25 heavy (non-hydrogen) atoms. The highest BCUT2D eigenvalue weighted by atomic mass is 16.2. The molecule has 0 saturated heterocycles. The van der Waals surface area contributed by atoms with Crippen molar-refractivity contribution in [2.24, 2.45) is 5.10 Å². The first-order chi connectivity index (χ1) is 12.3. The zero-order chi connectivity index (χ0) is 17.1. The normalized spacial score (nSPS) is 11.4. The molecular formula is C21H17N3O. The molecule has 0 bridgehead atoms. The molecule has 4 nitrogen and oxygen atoms in total. The summed E-state index contributed by atoms with van der Waals surface area (Å²) in [6, 6.07) is 22.0. The van der Waals surface area contributed by atoms with E-state index < -0.39 is 0 Å². The van der Waals surface area contributed by atoms with Gasteiger partial charge in [-0.25, -0.2) is 5.43 Å². The van der Waals surface area contributed by atoms with Crippen LogP contribution in [0.5, 0.6) is 0 Å². The van der Waals surface area contributed by atoms with Gasteiger partial charge in [-0.1, -0.05) is 60.7 Å². The molecule has 0 aliphatic rings. The molecular weight excluding hydrogens is 310 g/mol. The molecule has 0 atom stereocenters. The van der Waals surface area contributed by atoms with Crippen LogP contribution < -0.4 is 5.43 Å². The Morgan fingerprint density at radius 3 is 2.64 bits per heavy atom. The molecule has 0 saturated carbocycles. The minimum absolute atomic E-state index is 0.132. The lowest BCUT2D eigenvalue weighted by Gasteiger charge is -2.05. The molecule has 3 aromatic carbocycles. The van der Waals surface area contributed by atoms with Crippen molar-refractivity contribution in [1.29, 1.82) is 0 Å². The molecule has 122 valence electrons. The van der Waals surface area contributed by atoms with Gasteiger partial charge in [0.05, 0.1) is 12.6 Å². The number of nitrogens with zero attached hydrogens (tertiary/aromatic N) is 1. The molecule has 1 aromatic heterocycles. The number of hydrogen-bond acceptors (Lipinski definition) is 2. The number of aromatic amines is 1. The molecule has 0 aliphatic heterocycles. The Morgan fingerprint density at radius 1 is 0.960 bits per heavy atom. The van der Waals surface area contributed by atoms with E-state index in [1.807, 2.05) is 72.9 Å². The van der Waals surface area contributed by atoms with E-state index in [0.717, 1.165) is 32.8 Å². The minimum atomic E-state index is -0.132. The number of nitrogens with one attached hydrogen (secondary N) is 2. The molecule has 1 amide bonds. The van der Waals surface area contributed by atoms with Gasteiger partial charge in [0.15, 0.2) is 0 Å². The van der Waals surface area contributed by atoms with Crippen molar-refractivity contribution in [3.63, 3.8) is 0 Å². The van der Waals surface area contributed by atoms with Crippen LogP contribution in [-0.4, -0.2) is 17.1 Å². The summed E-state index contributed by atoms with van der Waals surface area (Å²) in [6.07, 6.45) is 3.84. The van der Waals surface area contributed by atoms with Gasteiger partial charge in [-0.2, -0.15) is 5.10 Å². The van der Waals surface area contributed by atoms with Gasteiger partial charge in [-0.15, -0.1) is 0 Å². The van der Waals surface area contributed by atoms with Crippen LogP contribution in [0.1, 0.15) is 11.1 Å². The first-order valence-corrected chi connectivity index (χ1v) is 8.16. The van der Waals surface area contributed by atoms with Crippen molar-refractivity contribution in [3.05, 3.63) is 84.1 Å². The Balaban J connectivity index is 1.47. The van der Waals surface area contributed by atoms with Crippen molar-refractivity contribution < 1.29 is 4.79 Å². The number of benzene rings is 3. The highest BCUT2D eigenvalue weighted by molar-refractivity contribution is 5.99. The average Bonchev–Trinajstić information content (AvgIpc) is 3.05. The number of amides is 1. The maximum absolute atomic E-state index is 12.2. The lowest BCUT2D eigenvalue weighted by molar-refractivity contribution is -0.120. The van der Waals surface area contributed by atoms with Crippen molar-refractivity contribution in [2.45, 2.75) is 6.42 Å². The summed E-state index contributed by atoms with van der Waals surface area (Å²) in [5.41, 5.74) is 5.61. The Hall–Kier alpha value is -3.40. The number of hydrazone groups is 1. The van der Waals surface area contributed by atoms with E-state index in [9.17, 15) is 4.79 Å². The highest BCUT2D eigenvalue weighted by Gasteiger charge is 2.06. The second kappa shape index (κ2) is 6.61. The van der Waals surface area contributed by atoms with Gasteiger partial charge in [-0.05, 0) is 22.4 Å². The minimum Gasteiger partial charge on any atom is -0.361 e. The molecule has 4 aromatic rings. The number of carbonyl (C=O) groups is 1. The monoisotopic (exact) mass is 327 g/mol. The summed E-state index contributed by atoms with van der Waals surface area (Å²) < 4.78 is 0. The van der Waals surface area contributed by atoms with Crippen LogP contribution in [0, 0.1) is 0 Å². The van der Waals surface area contributed by atoms with Crippen LogP contribution in [0.3, 0.4) is 0 Å². The predicted octanol–water partition coefficient (Wildman–Crippen LogP) is 4.01. The summed E-state index contributed by atoms with van der Waals surface area (Å²) in [6.45, 7) is 0. The predicted molar refractivity (Wildman–Crippen MR) is 102 cm³/mol. The lowest BCUT2D eigenvalue weighted by Crippen LogP contribution is -2.19. The molecule has 0 unspecified atom stereocenters. The summed E-state index contributed by atoms with van der Waals surface area (Å²) >= 11 is 0. The summed E-state index contributed by atoms with van der Waals surface area (Å²) in [5.74, 6) is -0.132. The van der Waals surface area contributed by atoms with E-state index in [2.05, 4.69) is 15.5 Å². The zero-order valence-electron chi connectivity index (χ0n) is 13.6. The number of aromatic nitrogens is 1. The maximum atomic E-state index is 12.2. The van der Waals surface area contributed by atoms with Gasteiger partial charge >= 0.3 is 0 Å². The summed E-state index contributed by atoms with van der Waals surface area (Å²) in [7, 11) is 0. The third kappa shape index (κ3) is 3.15. The highest BCUT2D eigenvalue weighted by Crippen LogP contribution is 2.19. The Bertz CT molecular complexity index is 1070. The number of rotatable bonds is 4. The van der Waals surface area contributed by atoms with E-state index in [4.69, 9.17) is 0 Å². The first kappa shape index (κ1) is 15.1. The molecule has 0 spiro atoms. The molecule has 0 radical (unpaired) electrons. The largest absolute Gasteiger partial charge is 0.361 e. The fraction of sp³-hybridized carbons (Fsp3) is 0.0476. The van der Waals surface area contributed by atoms with Crippen molar-refractivity contribution in [2.75, 3.05) is 0 Å². The molecule has 2 N–H and O–H groups in total. The van der Waals surface area contributed by atoms with Gasteiger partial charge in [0, 0.05) is 22.7 Å². The van der Waals surface area contributed by atoms with Crippen molar-refractivity contribution in [3.8, 4) is 0 Å². The number of para-hydroxylation sites is 1. The Kier molecular flexibility index (Phi) is 4.01. The Labute approximate surface area is 145 Å². The van der Waals surface area contributed by atoms with Gasteiger partial charge in [0.2, 0.25) is 5.91 Å². The number of carbonyl (C=O) groups excluding carboxylic acids is 1. The topological polar surface area (TPSA) is 57.2 Å². The SMILES string of the molecule is O=C(Cc1cccc2ccccc12)N/N=C\c1c[nH]c2ccccc12. The van der Waals surface area contributed by atoms with Crippen LogP contribution in [0.4, 0.5) is 0 Å². The fourth-order valence-corrected chi connectivity index (χ4v) is 3.03. The molecule has 4 heteroatoms. The summed E-state index contributed by atoms with van der Waals surface area (Å²) in [5, 5.41) is 7.41. The van der Waals surface area contributed by atoms with Crippen molar-refractivity contribution in [1.82, 2.24) is 10.4 Å². The van der Waals surface area contributed by atoms with Crippen molar-refractivity contribution >= 4 is 33.8 Å². The molecule has 0 fully saturated rings. The smallest absolute Gasteiger partial charge is 0.244 e. The molecule has 1 heterocycles. The van der Waals surface area contributed by atoms with Gasteiger partial charge < -0.3 is 4.98 Å². The van der Waals surface area contributed by atoms with Crippen LogP contribution >= 0.6 is 0 Å². The van der Waals surface area contributed by atoms with Gasteiger partial charge in [0.1, 0.15) is 0 Å². The maximum Gasteiger partial charge on any atom is 0.244 e. The van der Waals surface area contributed by atoms with Gasteiger partial charge in [-0.3, -0.25) is 4.79 Å². The Morgan fingerprint density at radius 2 is 1.72 bits per heavy atom. The number of fused-ring (bicyclic) bond motifs is 2. The number of hydrogen-bond donors (Lipinski definition) is 2. The standard InChI is InChI=1S/C21H17N3O/c25-21(12-16-8-5-7-15-6-1-2-9-18(15)16)24-23-14-17-13-22-20-11-4-3-10-19(17)20/h1-11,13-14,22H,12H2,(H,24,25)/b23-14-. The van der Waals surface area contributed by atoms with E-state index in [1.165, 1.54) is 0 Å². The first-order valence-electron chi connectivity index (χ1n) is 8.16. The molecule has 0 aliphatic carbocycles. The third-order valence-corrected chi connectivity index (χ3v) is 4.25. The summed E-state index contributed by atoms with van der Waals surface area (Å²) in [4.78, 5) is 15.4. The van der Waals surface area contributed by atoms with Crippen LogP contribution in [0.25, 0.3) is 21.7 Å². The van der Waals surface area contributed by atoms with Gasteiger partial charge in [0.25, 0.3) is 0 Å². The average molecular weight is 327 g/mol. The van der Waals surface area contributed by atoms with E-state index in [1.54, 1.807) is 6.21 Å².